The van der Waals surface area contributed by atoms with Crippen LogP contribution in [0.3, 0.4) is 0 Å². The Morgan fingerprint density at radius 1 is 1.38 bits per heavy atom. The number of pyridine rings is 1. The lowest BCUT2D eigenvalue weighted by Gasteiger charge is -2.15. The zero-order chi connectivity index (χ0) is 10.2. The highest BCUT2D eigenvalue weighted by atomic mass is 16.1. The third-order valence-electron chi connectivity index (χ3n) is 2.20. The first-order valence-corrected chi connectivity index (χ1v) is 4.43. The maximum absolute atomic E-state index is 11.7. The summed E-state index contributed by atoms with van der Waals surface area (Å²) in [6.45, 7) is 7.73. The highest BCUT2D eigenvalue weighted by Crippen LogP contribution is 2.11. The van der Waals surface area contributed by atoms with E-state index in [1.807, 2.05) is 33.8 Å². The zero-order valence-corrected chi connectivity index (χ0v) is 8.59. The Morgan fingerprint density at radius 3 is 2.38 bits per heavy atom. The Morgan fingerprint density at radius 2 is 1.92 bits per heavy atom. The number of nitrogen functional groups attached to an aromatic ring is 1. The third-order valence-corrected chi connectivity index (χ3v) is 2.20. The second-order valence-corrected chi connectivity index (χ2v) is 3.65. The van der Waals surface area contributed by atoms with Gasteiger partial charge in [-0.05, 0) is 39.3 Å². The summed E-state index contributed by atoms with van der Waals surface area (Å²) in [6, 6.07) is 2.10. The van der Waals surface area contributed by atoms with Crippen LogP contribution in [-0.4, -0.2) is 4.57 Å². The van der Waals surface area contributed by atoms with E-state index in [4.69, 9.17) is 5.73 Å². The SMILES string of the molecule is Cc1cc(C)n(C(C)C)c(=O)c1N. The molecular weight excluding hydrogens is 164 g/mol. The molecule has 0 bridgehead atoms. The highest BCUT2D eigenvalue weighted by molar-refractivity contribution is 5.44. The highest BCUT2D eigenvalue weighted by Gasteiger charge is 2.09. The number of nitrogens with zero attached hydrogens (tertiary/aromatic N) is 1. The quantitative estimate of drug-likeness (QED) is 0.714. The molecule has 0 fully saturated rings. The minimum absolute atomic E-state index is 0.0764. The third kappa shape index (κ3) is 1.59. The van der Waals surface area contributed by atoms with Gasteiger partial charge in [0.25, 0.3) is 5.56 Å². The van der Waals surface area contributed by atoms with E-state index in [1.54, 1.807) is 4.57 Å². The first kappa shape index (κ1) is 9.84. The van der Waals surface area contributed by atoms with Crippen molar-refractivity contribution in [3.8, 4) is 0 Å². The van der Waals surface area contributed by atoms with E-state index in [-0.39, 0.29) is 11.6 Å². The van der Waals surface area contributed by atoms with Crippen LogP contribution < -0.4 is 11.3 Å². The van der Waals surface area contributed by atoms with Crippen LogP contribution in [0.5, 0.6) is 0 Å². The first-order valence-electron chi connectivity index (χ1n) is 4.43. The number of hydrogen-bond donors (Lipinski definition) is 1. The molecule has 1 rings (SSSR count). The summed E-state index contributed by atoms with van der Waals surface area (Å²) >= 11 is 0. The Labute approximate surface area is 78.2 Å². The molecule has 0 aliphatic carbocycles. The fourth-order valence-corrected chi connectivity index (χ4v) is 1.56. The summed E-state index contributed by atoms with van der Waals surface area (Å²) in [6.07, 6.45) is 0. The molecule has 0 saturated carbocycles. The molecular formula is C10H16N2O. The molecule has 3 nitrogen and oxygen atoms in total. The number of nitrogens with two attached hydrogens (primary N) is 1. The molecule has 1 aromatic heterocycles. The summed E-state index contributed by atoms with van der Waals surface area (Å²) in [4.78, 5) is 11.7. The van der Waals surface area contributed by atoms with Crippen molar-refractivity contribution in [3.63, 3.8) is 0 Å². The standard InChI is InChI=1S/C10H16N2O/c1-6(2)12-8(4)5-7(3)9(11)10(12)13/h5-6H,11H2,1-4H3. The maximum Gasteiger partial charge on any atom is 0.274 e. The monoisotopic (exact) mass is 180 g/mol. The van der Waals surface area contributed by atoms with Gasteiger partial charge in [0.05, 0.1) is 0 Å². The summed E-state index contributed by atoms with van der Waals surface area (Å²) < 4.78 is 1.71. The van der Waals surface area contributed by atoms with Crippen molar-refractivity contribution < 1.29 is 0 Å². The second-order valence-electron chi connectivity index (χ2n) is 3.65. The normalized spacial score (nSPS) is 10.8. The van der Waals surface area contributed by atoms with Gasteiger partial charge in [0.1, 0.15) is 5.69 Å². The number of anilines is 1. The van der Waals surface area contributed by atoms with Crippen molar-refractivity contribution in [2.45, 2.75) is 33.7 Å². The average Bonchev–Trinajstić information content (AvgIpc) is 1.99. The van der Waals surface area contributed by atoms with Crippen molar-refractivity contribution in [1.82, 2.24) is 4.57 Å². The second kappa shape index (κ2) is 3.24. The van der Waals surface area contributed by atoms with Gasteiger partial charge < -0.3 is 10.3 Å². The molecule has 13 heavy (non-hydrogen) atoms. The van der Waals surface area contributed by atoms with E-state index in [9.17, 15) is 4.79 Å². The molecule has 0 amide bonds. The Kier molecular flexibility index (Phi) is 2.45. The van der Waals surface area contributed by atoms with Crippen LogP contribution in [0.15, 0.2) is 10.9 Å². The van der Waals surface area contributed by atoms with E-state index in [0.717, 1.165) is 11.3 Å². The average molecular weight is 180 g/mol. The maximum atomic E-state index is 11.7. The van der Waals surface area contributed by atoms with Crippen LogP contribution >= 0.6 is 0 Å². The molecule has 1 aromatic rings. The van der Waals surface area contributed by atoms with Gasteiger partial charge in [-0.15, -0.1) is 0 Å². The van der Waals surface area contributed by atoms with Crippen LogP contribution in [0, 0.1) is 13.8 Å². The van der Waals surface area contributed by atoms with Gasteiger partial charge in [0.2, 0.25) is 0 Å². The number of hydrogen-bond acceptors (Lipinski definition) is 2. The van der Waals surface area contributed by atoms with Crippen molar-refractivity contribution >= 4 is 5.69 Å². The molecule has 1 heterocycles. The molecule has 3 heteroatoms. The molecule has 0 atom stereocenters. The smallest absolute Gasteiger partial charge is 0.274 e. The van der Waals surface area contributed by atoms with Gasteiger partial charge in [-0.2, -0.15) is 0 Å². The van der Waals surface area contributed by atoms with Gasteiger partial charge in [0, 0.05) is 11.7 Å². The lowest BCUT2D eigenvalue weighted by Crippen LogP contribution is -2.27. The summed E-state index contributed by atoms with van der Waals surface area (Å²) in [5.74, 6) is 0. The number of rotatable bonds is 1. The molecule has 0 unspecified atom stereocenters. The van der Waals surface area contributed by atoms with E-state index in [1.165, 1.54) is 0 Å². The minimum atomic E-state index is -0.0764. The predicted octanol–water partition coefficient (Wildman–Crippen LogP) is 1.63. The topological polar surface area (TPSA) is 48.0 Å². The molecule has 0 aliphatic heterocycles. The van der Waals surface area contributed by atoms with Crippen molar-refractivity contribution in [1.29, 1.82) is 0 Å². The predicted molar refractivity (Wildman–Crippen MR) is 55.0 cm³/mol. The summed E-state index contributed by atoms with van der Waals surface area (Å²) in [5.41, 5.74) is 7.77. The van der Waals surface area contributed by atoms with Crippen LogP contribution in [-0.2, 0) is 0 Å². The fraction of sp³-hybridized carbons (Fsp3) is 0.500. The van der Waals surface area contributed by atoms with Gasteiger partial charge in [-0.25, -0.2) is 0 Å². The van der Waals surface area contributed by atoms with Crippen molar-refractivity contribution in [3.05, 3.63) is 27.7 Å². The minimum Gasteiger partial charge on any atom is -0.394 e. The Hall–Kier alpha value is -1.25. The number of aromatic nitrogens is 1. The lowest BCUT2D eigenvalue weighted by molar-refractivity contribution is 0.563. The molecule has 2 N–H and O–H groups in total. The van der Waals surface area contributed by atoms with Crippen LogP contribution in [0.1, 0.15) is 31.1 Å². The molecule has 0 radical (unpaired) electrons. The summed E-state index contributed by atoms with van der Waals surface area (Å²) in [7, 11) is 0. The van der Waals surface area contributed by atoms with Gasteiger partial charge >= 0.3 is 0 Å². The van der Waals surface area contributed by atoms with E-state index >= 15 is 0 Å². The lowest BCUT2D eigenvalue weighted by atomic mass is 10.2. The Bertz CT molecular complexity index is 377. The molecule has 0 aliphatic rings. The Balaban J connectivity index is 3.54. The molecule has 0 aromatic carbocycles. The van der Waals surface area contributed by atoms with E-state index in [0.29, 0.717) is 5.69 Å². The van der Waals surface area contributed by atoms with E-state index in [2.05, 4.69) is 0 Å². The van der Waals surface area contributed by atoms with Gasteiger partial charge in [-0.1, -0.05) is 0 Å². The van der Waals surface area contributed by atoms with E-state index < -0.39 is 0 Å². The largest absolute Gasteiger partial charge is 0.394 e. The van der Waals surface area contributed by atoms with Crippen LogP contribution in [0.25, 0.3) is 0 Å². The van der Waals surface area contributed by atoms with Crippen molar-refractivity contribution in [2.75, 3.05) is 5.73 Å². The zero-order valence-electron chi connectivity index (χ0n) is 8.59. The number of aryl methyl sites for hydroxylation is 2. The fourth-order valence-electron chi connectivity index (χ4n) is 1.56. The molecule has 0 saturated heterocycles. The van der Waals surface area contributed by atoms with Gasteiger partial charge in [0.15, 0.2) is 0 Å². The van der Waals surface area contributed by atoms with Crippen LogP contribution in [0.4, 0.5) is 5.69 Å². The van der Waals surface area contributed by atoms with Crippen LogP contribution in [0.2, 0.25) is 0 Å². The summed E-state index contributed by atoms with van der Waals surface area (Å²) in [5, 5.41) is 0. The first-order chi connectivity index (χ1) is 5.95. The van der Waals surface area contributed by atoms with Gasteiger partial charge in [-0.3, -0.25) is 4.79 Å². The molecule has 0 spiro atoms. The van der Waals surface area contributed by atoms with Crippen molar-refractivity contribution in [2.24, 2.45) is 0 Å². The molecule has 72 valence electrons.